The topological polar surface area (TPSA) is 104 Å². The summed E-state index contributed by atoms with van der Waals surface area (Å²) in [6.07, 6.45) is 4.23. The second-order valence-corrected chi connectivity index (χ2v) is 9.39. The zero-order chi connectivity index (χ0) is 20.2. The fourth-order valence-electron chi connectivity index (χ4n) is 3.24. The summed E-state index contributed by atoms with van der Waals surface area (Å²) in [5.74, 6) is -1.52. The Morgan fingerprint density at radius 1 is 1.07 bits per heavy atom. The highest BCUT2D eigenvalue weighted by Gasteiger charge is 2.40. The Morgan fingerprint density at radius 2 is 1.59 bits per heavy atom. The van der Waals surface area contributed by atoms with Crippen molar-refractivity contribution in [3.63, 3.8) is 0 Å². The smallest absolute Gasteiger partial charge is 0.329 e. The number of rotatable bonds is 6. The lowest BCUT2D eigenvalue weighted by Crippen LogP contribution is -2.54. The number of amides is 1. The standard InChI is InChI=1S/C19H28N2O5S/c1-14(2)21(3)27(25,26)16-10-8-15(9-11-16)17(22)20-19(18(23)24)12-6-4-5-7-13-19/h8-11,14H,4-7,12-13H2,1-3H3,(H,20,22)(H,23,24). The van der Waals surface area contributed by atoms with Crippen LogP contribution >= 0.6 is 0 Å². The van der Waals surface area contributed by atoms with Crippen LogP contribution in [-0.4, -0.2) is 48.3 Å². The van der Waals surface area contributed by atoms with Gasteiger partial charge in [-0.05, 0) is 51.0 Å². The monoisotopic (exact) mass is 396 g/mol. The van der Waals surface area contributed by atoms with Gasteiger partial charge in [0.25, 0.3) is 5.91 Å². The van der Waals surface area contributed by atoms with Crippen molar-refractivity contribution in [3.8, 4) is 0 Å². The Bertz CT molecular complexity index is 779. The second kappa shape index (κ2) is 8.39. The summed E-state index contributed by atoms with van der Waals surface area (Å²) in [5.41, 5.74) is -1.01. The van der Waals surface area contributed by atoms with Crippen molar-refractivity contribution in [1.82, 2.24) is 9.62 Å². The molecule has 1 fully saturated rings. The first-order valence-corrected chi connectivity index (χ1v) is 10.7. The average molecular weight is 397 g/mol. The Kier molecular flexibility index (Phi) is 6.64. The molecule has 2 rings (SSSR count). The Balaban J connectivity index is 2.21. The number of nitrogens with zero attached hydrogens (tertiary/aromatic N) is 1. The third-order valence-electron chi connectivity index (χ3n) is 5.24. The van der Waals surface area contributed by atoms with Crippen LogP contribution in [0.15, 0.2) is 29.2 Å². The van der Waals surface area contributed by atoms with E-state index in [2.05, 4.69) is 5.32 Å². The van der Waals surface area contributed by atoms with Crippen LogP contribution < -0.4 is 5.32 Å². The molecule has 0 bridgehead atoms. The van der Waals surface area contributed by atoms with Gasteiger partial charge in [-0.3, -0.25) is 4.79 Å². The minimum Gasteiger partial charge on any atom is -0.480 e. The molecule has 0 unspecified atom stereocenters. The zero-order valence-electron chi connectivity index (χ0n) is 16.1. The van der Waals surface area contributed by atoms with E-state index in [0.717, 1.165) is 25.7 Å². The molecule has 0 spiro atoms. The van der Waals surface area contributed by atoms with Gasteiger partial charge in [-0.15, -0.1) is 0 Å². The van der Waals surface area contributed by atoms with Gasteiger partial charge in [-0.25, -0.2) is 13.2 Å². The molecule has 0 saturated heterocycles. The van der Waals surface area contributed by atoms with Crippen molar-refractivity contribution in [3.05, 3.63) is 29.8 Å². The second-order valence-electron chi connectivity index (χ2n) is 7.39. The summed E-state index contributed by atoms with van der Waals surface area (Å²) in [4.78, 5) is 24.5. The third kappa shape index (κ3) is 4.68. The van der Waals surface area contributed by atoms with Gasteiger partial charge in [0.05, 0.1) is 4.90 Å². The van der Waals surface area contributed by atoms with Crippen LogP contribution in [0, 0.1) is 0 Å². The number of hydrogen-bond donors (Lipinski definition) is 2. The molecule has 0 heterocycles. The summed E-state index contributed by atoms with van der Waals surface area (Å²) in [7, 11) is -2.13. The molecule has 0 aromatic heterocycles. The SMILES string of the molecule is CC(C)N(C)S(=O)(=O)c1ccc(C(=O)NC2(C(=O)O)CCCCCC2)cc1. The van der Waals surface area contributed by atoms with Crippen molar-refractivity contribution in [1.29, 1.82) is 0 Å². The van der Waals surface area contributed by atoms with Crippen molar-refractivity contribution in [2.24, 2.45) is 0 Å². The molecule has 150 valence electrons. The summed E-state index contributed by atoms with van der Waals surface area (Å²) in [6.45, 7) is 3.55. The highest BCUT2D eigenvalue weighted by atomic mass is 32.2. The van der Waals surface area contributed by atoms with Crippen LogP contribution in [0.1, 0.15) is 62.7 Å². The van der Waals surface area contributed by atoms with Gasteiger partial charge in [-0.2, -0.15) is 4.31 Å². The minimum absolute atomic E-state index is 0.0951. The van der Waals surface area contributed by atoms with Gasteiger partial charge in [0.2, 0.25) is 10.0 Å². The Hall–Kier alpha value is -1.93. The number of carbonyl (C=O) groups is 2. The van der Waals surface area contributed by atoms with Crippen LogP contribution in [0.3, 0.4) is 0 Å². The van der Waals surface area contributed by atoms with Crippen LogP contribution in [-0.2, 0) is 14.8 Å². The lowest BCUT2D eigenvalue weighted by molar-refractivity contribution is -0.145. The molecule has 1 aliphatic rings. The molecule has 7 nitrogen and oxygen atoms in total. The molecule has 1 aromatic carbocycles. The van der Waals surface area contributed by atoms with Crippen LogP contribution in [0.2, 0.25) is 0 Å². The summed E-state index contributed by atoms with van der Waals surface area (Å²) in [6, 6.07) is 5.40. The number of carboxylic acids is 1. The third-order valence-corrected chi connectivity index (χ3v) is 7.29. The highest BCUT2D eigenvalue weighted by molar-refractivity contribution is 7.89. The van der Waals surface area contributed by atoms with Gasteiger partial charge in [0, 0.05) is 18.7 Å². The molecule has 27 heavy (non-hydrogen) atoms. The lowest BCUT2D eigenvalue weighted by atomic mass is 9.90. The molecule has 1 saturated carbocycles. The molecule has 1 aromatic rings. The number of carboxylic acid groups (broad SMARTS) is 1. The van der Waals surface area contributed by atoms with Crippen molar-refractivity contribution in [2.45, 2.75) is 68.8 Å². The van der Waals surface area contributed by atoms with Gasteiger partial charge in [0.15, 0.2) is 0 Å². The fraction of sp³-hybridized carbons (Fsp3) is 0.579. The predicted octanol–water partition coefficient (Wildman–Crippen LogP) is 2.62. The number of nitrogens with one attached hydrogen (secondary N) is 1. The molecule has 1 amide bonds. The molecule has 0 radical (unpaired) electrons. The van der Waals surface area contributed by atoms with Gasteiger partial charge >= 0.3 is 5.97 Å². The number of carbonyl (C=O) groups excluding carboxylic acids is 1. The first-order chi connectivity index (χ1) is 12.6. The van der Waals surface area contributed by atoms with E-state index in [1.807, 2.05) is 0 Å². The van der Waals surface area contributed by atoms with Crippen LogP contribution in [0.5, 0.6) is 0 Å². The zero-order valence-corrected chi connectivity index (χ0v) is 16.9. The number of aliphatic carboxylic acids is 1. The van der Waals surface area contributed by atoms with Crippen LogP contribution in [0.25, 0.3) is 0 Å². The van der Waals surface area contributed by atoms with Crippen molar-refractivity contribution < 1.29 is 23.1 Å². The van der Waals surface area contributed by atoms with E-state index >= 15 is 0 Å². The number of sulfonamides is 1. The number of hydrogen-bond acceptors (Lipinski definition) is 4. The maximum Gasteiger partial charge on any atom is 0.329 e. The first-order valence-electron chi connectivity index (χ1n) is 9.24. The predicted molar refractivity (Wildman–Crippen MR) is 102 cm³/mol. The molecule has 0 aliphatic heterocycles. The lowest BCUT2D eigenvalue weighted by Gasteiger charge is -2.29. The van der Waals surface area contributed by atoms with E-state index in [-0.39, 0.29) is 16.5 Å². The Morgan fingerprint density at radius 3 is 2.04 bits per heavy atom. The quantitative estimate of drug-likeness (QED) is 0.720. The van der Waals surface area contributed by atoms with E-state index in [1.165, 1.54) is 35.6 Å². The maximum absolute atomic E-state index is 12.6. The van der Waals surface area contributed by atoms with E-state index in [4.69, 9.17) is 0 Å². The normalized spacial score (nSPS) is 17.5. The molecule has 0 atom stereocenters. The van der Waals surface area contributed by atoms with Crippen molar-refractivity contribution >= 4 is 21.9 Å². The van der Waals surface area contributed by atoms with Gasteiger partial charge < -0.3 is 10.4 Å². The van der Waals surface area contributed by atoms with E-state index in [0.29, 0.717) is 12.8 Å². The van der Waals surface area contributed by atoms with E-state index in [9.17, 15) is 23.1 Å². The largest absolute Gasteiger partial charge is 0.480 e. The molecular formula is C19H28N2O5S. The molecule has 1 aliphatic carbocycles. The highest BCUT2D eigenvalue weighted by Crippen LogP contribution is 2.28. The summed E-state index contributed by atoms with van der Waals surface area (Å²) >= 11 is 0. The molecule has 8 heteroatoms. The molecular weight excluding hydrogens is 368 g/mol. The van der Waals surface area contributed by atoms with E-state index < -0.39 is 27.4 Å². The summed E-state index contributed by atoms with van der Waals surface area (Å²) < 4.78 is 26.3. The fourth-order valence-corrected chi connectivity index (χ4v) is 4.60. The van der Waals surface area contributed by atoms with Crippen molar-refractivity contribution in [2.75, 3.05) is 7.05 Å². The summed E-state index contributed by atoms with van der Waals surface area (Å²) in [5, 5.41) is 12.4. The molecule has 2 N–H and O–H groups in total. The van der Waals surface area contributed by atoms with Gasteiger partial charge in [-0.1, -0.05) is 25.7 Å². The Labute approximate surface area is 160 Å². The number of benzene rings is 1. The average Bonchev–Trinajstić information content (AvgIpc) is 2.87. The first kappa shape index (κ1) is 21.4. The van der Waals surface area contributed by atoms with E-state index in [1.54, 1.807) is 13.8 Å². The van der Waals surface area contributed by atoms with Gasteiger partial charge in [0.1, 0.15) is 5.54 Å². The van der Waals surface area contributed by atoms with Crippen LogP contribution in [0.4, 0.5) is 0 Å². The maximum atomic E-state index is 12.6. The minimum atomic E-state index is -3.63.